The molecular formula is C14H20FN3O3. The Kier molecular flexibility index (Phi) is 6.74. The third kappa shape index (κ3) is 5.47. The molecule has 0 aliphatic heterocycles. The van der Waals surface area contributed by atoms with Gasteiger partial charge in [0.1, 0.15) is 0 Å². The first kappa shape index (κ1) is 17.0. The van der Waals surface area contributed by atoms with Crippen molar-refractivity contribution in [3.05, 3.63) is 34.1 Å². The summed E-state index contributed by atoms with van der Waals surface area (Å²) in [5.41, 5.74) is 5.10. The highest BCUT2D eigenvalue weighted by atomic mass is 19.1. The molecule has 0 aliphatic rings. The molecule has 0 saturated heterocycles. The van der Waals surface area contributed by atoms with Crippen molar-refractivity contribution in [2.75, 3.05) is 11.9 Å². The van der Waals surface area contributed by atoms with Gasteiger partial charge in [-0.2, -0.15) is 4.39 Å². The zero-order chi connectivity index (χ0) is 15.8. The van der Waals surface area contributed by atoms with Gasteiger partial charge in [0.05, 0.1) is 4.92 Å². The van der Waals surface area contributed by atoms with Gasteiger partial charge in [0.15, 0.2) is 0 Å². The molecule has 1 unspecified atom stereocenters. The fourth-order valence-electron chi connectivity index (χ4n) is 2.08. The summed E-state index contributed by atoms with van der Waals surface area (Å²) >= 11 is 0. The number of benzene rings is 1. The molecule has 1 amide bonds. The van der Waals surface area contributed by atoms with Gasteiger partial charge in [-0.15, -0.1) is 0 Å². The van der Waals surface area contributed by atoms with Gasteiger partial charge in [-0.3, -0.25) is 14.9 Å². The van der Waals surface area contributed by atoms with Gasteiger partial charge in [-0.25, -0.2) is 0 Å². The monoisotopic (exact) mass is 297 g/mol. The number of nitrogens with two attached hydrogens (primary N) is 1. The van der Waals surface area contributed by atoms with Crippen LogP contribution in [0.1, 0.15) is 32.6 Å². The number of anilines is 1. The third-order valence-electron chi connectivity index (χ3n) is 3.36. The van der Waals surface area contributed by atoms with Crippen LogP contribution in [-0.2, 0) is 4.79 Å². The van der Waals surface area contributed by atoms with E-state index in [1.807, 2.05) is 6.92 Å². The molecule has 0 aromatic heterocycles. The lowest BCUT2D eigenvalue weighted by Gasteiger charge is -2.13. The van der Waals surface area contributed by atoms with Gasteiger partial charge in [0.2, 0.25) is 11.7 Å². The second-order valence-electron chi connectivity index (χ2n) is 4.86. The molecule has 116 valence electrons. The van der Waals surface area contributed by atoms with Crippen molar-refractivity contribution in [1.82, 2.24) is 0 Å². The van der Waals surface area contributed by atoms with Gasteiger partial charge in [-0.1, -0.05) is 13.3 Å². The molecule has 0 saturated carbocycles. The summed E-state index contributed by atoms with van der Waals surface area (Å²) in [7, 11) is 0. The lowest BCUT2D eigenvalue weighted by Crippen LogP contribution is -2.15. The lowest BCUT2D eigenvalue weighted by molar-refractivity contribution is -0.387. The van der Waals surface area contributed by atoms with Crippen LogP contribution in [0, 0.1) is 21.8 Å². The number of halogens is 1. The molecule has 0 bridgehead atoms. The van der Waals surface area contributed by atoms with Gasteiger partial charge < -0.3 is 11.1 Å². The van der Waals surface area contributed by atoms with Gasteiger partial charge in [0, 0.05) is 24.2 Å². The predicted octanol–water partition coefficient (Wildman–Crippen LogP) is 2.83. The van der Waals surface area contributed by atoms with Crippen LogP contribution in [0.25, 0.3) is 0 Å². The number of amides is 1. The van der Waals surface area contributed by atoms with Gasteiger partial charge in [-0.05, 0) is 31.4 Å². The van der Waals surface area contributed by atoms with E-state index in [0.717, 1.165) is 31.4 Å². The Morgan fingerprint density at radius 2 is 2.19 bits per heavy atom. The molecule has 0 radical (unpaired) electrons. The quantitative estimate of drug-likeness (QED) is 0.569. The van der Waals surface area contributed by atoms with Crippen molar-refractivity contribution in [2.45, 2.75) is 32.6 Å². The van der Waals surface area contributed by atoms with Crippen LogP contribution in [0.2, 0.25) is 0 Å². The average molecular weight is 297 g/mol. The molecule has 0 aliphatic carbocycles. The van der Waals surface area contributed by atoms with Crippen LogP contribution in [-0.4, -0.2) is 17.4 Å². The largest absolute Gasteiger partial charge is 0.330 e. The van der Waals surface area contributed by atoms with Crippen molar-refractivity contribution in [2.24, 2.45) is 11.7 Å². The number of carbonyl (C=O) groups is 1. The van der Waals surface area contributed by atoms with E-state index >= 15 is 0 Å². The van der Waals surface area contributed by atoms with Gasteiger partial charge >= 0.3 is 5.69 Å². The van der Waals surface area contributed by atoms with E-state index in [1.165, 1.54) is 6.07 Å². The van der Waals surface area contributed by atoms with Gasteiger partial charge in [0.25, 0.3) is 0 Å². The minimum Gasteiger partial charge on any atom is -0.330 e. The number of rotatable bonds is 8. The molecule has 1 atom stereocenters. The Morgan fingerprint density at radius 1 is 1.48 bits per heavy atom. The molecule has 7 heteroatoms. The normalized spacial score (nSPS) is 12.0. The maximum atomic E-state index is 13.4. The van der Waals surface area contributed by atoms with Crippen molar-refractivity contribution in [3.8, 4) is 0 Å². The number of hydrogen-bond donors (Lipinski definition) is 2. The summed E-state index contributed by atoms with van der Waals surface area (Å²) in [5, 5.41) is 13.0. The topological polar surface area (TPSA) is 98.3 Å². The first-order chi connectivity index (χ1) is 9.97. The molecule has 0 spiro atoms. The summed E-state index contributed by atoms with van der Waals surface area (Å²) in [6, 6.07) is 3.30. The zero-order valence-corrected chi connectivity index (χ0v) is 12.0. The Hall–Kier alpha value is -2.02. The summed E-state index contributed by atoms with van der Waals surface area (Å²) in [6.45, 7) is 2.64. The Balaban J connectivity index is 2.55. The van der Waals surface area contributed by atoms with Crippen molar-refractivity contribution in [1.29, 1.82) is 0 Å². The fraction of sp³-hybridized carbons (Fsp3) is 0.500. The van der Waals surface area contributed by atoms with E-state index in [2.05, 4.69) is 5.32 Å². The second-order valence-corrected chi connectivity index (χ2v) is 4.86. The number of nitro groups is 1. The Morgan fingerprint density at radius 3 is 2.71 bits per heavy atom. The number of carbonyl (C=O) groups excluding carboxylic acids is 1. The molecule has 6 nitrogen and oxygen atoms in total. The molecule has 1 aromatic rings. The SMILES string of the molecule is CCC(CCN)CCC(=O)Nc1ccc([N+](=O)[O-])c(F)c1. The van der Waals surface area contributed by atoms with E-state index < -0.39 is 16.4 Å². The molecule has 1 rings (SSSR count). The summed E-state index contributed by atoms with van der Waals surface area (Å²) in [5.74, 6) is -0.805. The summed E-state index contributed by atoms with van der Waals surface area (Å²) in [4.78, 5) is 21.5. The van der Waals surface area contributed by atoms with Crippen LogP contribution in [0.15, 0.2) is 18.2 Å². The highest BCUT2D eigenvalue weighted by Crippen LogP contribution is 2.21. The molecule has 0 heterocycles. The third-order valence-corrected chi connectivity index (χ3v) is 3.36. The Labute approximate surface area is 122 Å². The molecule has 1 aromatic carbocycles. The smallest absolute Gasteiger partial charge is 0.304 e. The highest BCUT2D eigenvalue weighted by molar-refractivity contribution is 5.90. The predicted molar refractivity (Wildman–Crippen MR) is 78.4 cm³/mol. The first-order valence-corrected chi connectivity index (χ1v) is 6.91. The standard InChI is InChI=1S/C14H20FN3O3/c1-2-10(7-8-16)3-6-14(19)17-11-4-5-13(18(20)21)12(15)9-11/h4-5,9-10H,2-3,6-8,16H2,1H3,(H,17,19). The average Bonchev–Trinajstić information content (AvgIpc) is 2.43. The van der Waals surface area contributed by atoms with E-state index in [1.54, 1.807) is 0 Å². The van der Waals surface area contributed by atoms with Crippen LogP contribution >= 0.6 is 0 Å². The maximum absolute atomic E-state index is 13.4. The molecule has 21 heavy (non-hydrogen) atoms. The van der Waals surface area contributed by atoms with Crippen LogP contribution in [0.4, 0.5) is 15.8 Å². The van der Waals surface area contributed by atoms with Crippen LogP contribution < -0.4 is 11.1 Å². The van der Waals surface area contributed by atoms with E-state index in [9.17, 15) is 19.3 Å². The first-order valence-electron chi connectivity index (χ1n) is 6.91. The fourth-order valence-corrected chi connectivity index (χ4v) is 2.08. The number of nitrogens with zero attached hydrogens (tertiary/aromatic N) is 1. The summed E-state index contributed by atoms with van der Waals surface area (Å²) < 4.78 is 13.4. The highest BCUT2D eigenvalue weighted by Gasteiger charge is 2.15. The number of hydrogen-bond acceptors (Lipinski definition) is 4. The van der Waals surface area contributed by atoms with E-state index in [-0.39, 0.29) is 11.6 Å². The Bertz CT molecular complexity index is 508. The number of nitrogens with one attached hydrogen (secondary N) is 1. The second kappa shape index (κ2) is 8.31. The number of nitro benzene ring substituents is 1. The zero-order valence-electron chi connectivity index (χ0n) is 12.0. The van der Waals surface area contributed by atoms with E-state index in [0.29, 0.717) is 18.9 Å². The molecule has 0 fully saturated rings. The molecule has 3 N–H and O–H groups in total. The summed E-state index contributed by atoms with van der Waals surface area (Å²) in [6.07, 6.45) is 2.86. The van der Waals surface area contributed by atoms with Crippen molar-refractivity contribution < 1.29 is 14.1 Å². The minimum atomic E-state index is -0.965. The van der Waals surface area contributed by atoms with Crippen molar-refractivity contribution in [3.63, 3.8) is 0 Å². The van der Waals surface area contributed by atoms with E-state index in [4.69, 9.17) is 5.73 Å². The minimum absolute atomic E-state index is 0.218. The van der Waals surface area contributed by atoms with Crippen LogP contribution in [0.5, 0.6) is 0 Å². The lowest BCUT2D eigenvalue weighted by atomic mass is 9.96. The molecular weight excluding hydrogens is 277 g/mol. The van der Waals surface area contributed by atoms with Crippen molar-refractivity contribution >= 4 is 17.3 Å². The van der Waals surface area contributed by atoms with Crippen LogP contribution in [0.3, 0.4) is 0 Å². The maximum Gasteiger partial charge on any atom is 0.304 e.